The van der Waals surface area contributed by atoms with Crippen molar-refractivity contribution in [1.29, 1.82) is 0 Å². The van der Waals surface area contributed by atoms with Crippen LogP contribution in [0.1, 0.15) is 0 Å². The van der Waals surface area contributed by atoms with E-state index in [1.54, 1.807) is 0 Å². The molecule has 0 unspecified atom stereocenters. The summed E-state index contributed by atoms with van der Waals surface area (Å²) in [6.07, 6.45) is -4.97. The van der Waals surface area contributed by atoms with Gasteiger partial charge in [0.05, 0.1) is 4.79 Å². The second kappa shape index (κ2) is 17.6. The van der Waals surface area contributed by atoms with Gasteiger partial charge in [0, 0.05) is 0 Å². The molecule has 0 aromatic heterocycles. The number of rotatable bonds is 0. The smallest absolute Gasteiger partial charge is 0.693 e. The number of carbonyl (C=O) groups is 1. The minimum Gasteiger partial charge on any atom is -0.693 e. The van der Waals surface area contributed by atoms with Crippen LogP contribution in [0.5, 0.6) is 0 Å². The van der Waals surface area contributed by atoms with Crippen molar-refractivity contribution in [2.75, 3.05) is 0 Å². The summed E-state index contributed by atoms with van der Waals surface area (Å²) in [5.74, 6) is -2.51. The maximum Gasteiger partial charge on any atom is 3.00 e. The van der Waals surface area contributed by atoms with E-state index in [1.165, 1.54) is 0 Å². The maximum absolute atomic E-state index is 10.6. The van der Waals surface area contributed by atoms with Crippen LogP contribution in [0.25, 0.3) is 30.8 Å². The zero-order chi connectivity index (χ0) is 6.08. The summed E-state index contributed by atoms with van der Waals surface area (Å²) in [5.41, 5.74) is 0. The van der Waals surface area contributed by atoms with Crippen LogP contribution in [0.2, 0.25) is 0 Å². The Balaban J connectivity index is -0.0000000120. The van der Waals surface area contributed by atoms with Crippen LogP contribution >= 0.6 is 0 Å². The van der Waals surface area contributed by atoms with Crippen molar-refractivity contribution in [3.05, 3.63) is 30.8 Å². The van der Waals surface area contributed by atoms with Gasteiger partial charge in [0.25, 0.3) is 0 Å². The third kappa shape index (κ3) is 34.2. The molecular formula is C2H12CoF3N5O2-. The minimum atomic E-state index is -4.97. The molecule has 0 bridgehead atoms. The predicted molar refractivity (Wildman–Crippen MR) is 41.1 cm³/mol. The number of nitrogens with two attached hydrogens (primary N) is 5. The molecule has 0 aromatic rings. The van der Waals surface area contributed by atoms with E-state index in [0.29, 0.717) is 0 Å². The fourth-order valence-electron chi connectivity index (χ4n) is 0. The normalized spacial score (nSPS) is 6.08. The van der Waals surface area contributed by atoms with Crippen LogP contribution in [-0.2, 0) is 21.6 Å². The van der Waals surface area contributed by atoms with E-state index < -0.39 is 12.1 Å². The van der Waals surface area contributed by atoms with Crippen LogP contribution in [0.3, 0.4) is 0 Å². The van der Waals surface area contributed by atoms with Crippen LogP contribution in [-0.4, -0.2) is 17.3 Å². The van der Waals surface area contributed by atoms with Crippen molar-refractivity contribution in [3.8, 4) is 0 Å². The summed E-state index contributed by atoms with van der Waals surface area (Å²) >= 11 is 0. The predicted octanol–water partition coefficient (Wildman–Crippen LogP) is 3.38. The first kappa shape index (κ1) is 54.3. The summed E-state index contributed by atoms with van der Waals surface area (Å²) in [6, 6.07) is 0. The van der Waals surface area contributed by atoms with Gasteiger partial charge in [0.1, 0.15) is 0 Å². The van der Waals surface area contributed by atoms with Gasteiger partial charge in [-0.1, -0.05) is 0 Å². The number of carbonyl (C=O) groups excluding carboxylic acids is 1. The standard InChI is InChI=1S/C2HF3O2.Co.5H2N/c3-2(4,5)1(6)7;;;;;;/h(H,6,7);;5*1H2/q;+3;5*-1/p+1. The number of hydrogen-bond donors (Lipinski definition) is 0. The Hall–Kier alpha value is -0.434. The molecule has 0 fully saturated rings. The molecule has 0 aliphatic carbocycles. The van der Waals surface area contributed by atoms with Gasteiger partial charge in [-0.25, -0.2) is 0 Å². The Morgan fingerprint density at radius 2 is 1.00 bits per heavy atom. The van der Waals surface area contributed by atoms with Crippen LogP contribution < -0.4 is 0 Å². The van der Waals surface area contributed by atoms with Crippen LogP contribution in [0.15, 0.2) is 0 Å². The molecule has 0 saturated carbocycles. The third-order valence-electron chi connectivity index (χ3n) is 0.257. The molecule has 0 rings (SSSR count). The first-order valence-electron chi connectivity index (χ1n) is 1.27. The number of hydrogen-bond acceptors (Lipinski definition) is 1. The van der Waals surface area contributed by atoms with Crippen LogP contribution in [0, 0.1) is 0 Å². The van der Waals surface area contributed by atoms with Crippen LogP contribution in [0.4, 0.5) is 13.2 Å². The van der Waals surface area contributed by atoms with E-state index >= 15 is 0 Å². The third-order valence-corrected chi connectivity index (χ3v) is 0.257. The van der Waals surface area contributed by atoms with E-state index in [1.807, 2.05) is 0 Å². The molecule has 12 N–H and O–H groups in total. The van der Waals surface area contributed by atoms with E-state index in [2.05, 4.69) is 0 Å². The van der Waals surface area contributed by atoms with Gasteiger partial charge in [-0.05, 0) is 0 Å². The van der Waals surface area contributed by atoms with Gasteiger partial charge in [-0.15, -0.1) is 0 Å². The molecule has 0 heterocycles. The van der Waals surface area contributed by atoms with Crippen molar-refractivity contribution < 1.29 is 39.9 Å². The molecule has 0 radical (unpaired) electrons. The second-order valence-corrected chi connectivity index (χ2v) is 0.827. The molecule has 0 saturated heterocycles. The van der Waals surface area contributed by atoms with Crippen molar-refractivity contribution >= 4 is 5.97 Å². The molecule has 0 aliphatic heterocycles. The quantitative estimate of drug-likeness (QED) is 0.584. The van der Waals surface area contributed by atoms with Gasteiger partial charge < -0.3 is 35.9 Å². The van der Waals surface area contributed by atoms with Crippen molar-refractivity contribution in [2.24, 2.45) is 0 Å². The molecule has 88 valence electrons. The Morgan fingerprint density at radius 1 is 0.923 bits per heavy atom. The van der Waals surface area contributed by atoms with Gasteiger partial charge >= 0.3 is 28.9 Å². The average Bonchev–Trinajstić information content (AvgIpc) is 1.31. The topological polar surface area (TPSA) is 207 Å². The van der Waals surface area contributed by atoms with E-state index in [4.69, 9.17) is 9.90 Å². The number of alkyl halides is 3. The summed E-state index contributed by atoms with van der Waals surface area (Å²) < 4.78 is 31.9. The summed E-state index contributed by atoms with van der Waals surface area (Å²) in [5, 5.41) is 5.47. The Kier molecular flexibility index (Phi) is 73.4. The van der Waals surface area contributed by atoms with E-state index in [9.17, 15) is 13.2 Å². The molecule has 0 aliphatic rings. The molecule has 0 spiro atoms. The molecule has 0 atom stereocenters. The van der Waals surface area contributed by atoms with Crippen molar-refractivity contribution in [1.82, 2.24) is 0 Å². The maximum atomic E-state index is 10.6. The fourth-order valence-corrected chi connectivity index (χ4v) is 0. The van der Waals surface area contributed by atoms with Gasteiger partial charge in [-0.3, -0.25) is 0 Å². The first-order valence-corrected chi connectivity index (χ1v) is 1.27. The number of halogens is 3. The monoisotopic (exact) mass is 254 g/mol. The minimum absolute atomic E-state index is 0. The summed E-state index contributed by atoms with van der Waals surface area (Å²) in [4.78, 5) is 9.01. The zero-order valence-electron chi connectivity index (χ0n) is 6.26. The average molecular weight is 254 g/mol. The Bertz CT molecular complexity index is 100. The summed E-state index contributed by atoms with van der Waals surface area (Å²) in [7, 11) is 0. The van der Waals surface area contributed by atoms with Crippen molar-refractivity contribution in [3.63, 3.8) is 0 Å². The molecular weight excluding hydrogens is 242 g/mol. The van der Waals surface area contributed by atoms with Crippen molar-refractivity contribution in [2.45, 2.75) is 6.18 Å². The fraction of sp³-hybridized carbons (Fsp3) is 0.500. The first-order chi connectivity index (χ1) is 2.94. The van der Waals surface area contributed by atoms with E-state index in [-0.39, 0.29) is 47.5 Å². The van der Waals surface area contributed by atoms with Gasteiger partial charge in [-0.2, -0.15) is 13.2 Å². The van der Waals surface area contributed by atoms with Gasteiger partial charge in [0.2, 0.25) is 0 Å². The molecule has 11 heteroatoms. The van der Waals surface area contributed by atoms with Gasteiger partial charge in [0.15, 0.2) is 0 Å². The zero-order valence-corrected chi connectivity index (χ0v) is 7.30. The van der Waals surface area contributed by atoms with E-state index in [0.717, 1.165) is 0 Å². The SMILES string of the molecule is O=C([OH2+])C(F)(F)F.[Co+3].[NH2-].[NH2-].[NH2-].[NH2-].[NH2-]. The summed E-state index contributed by atoms with van der Waals surface area (Å²) in [6.45, 7) is 0. The molecule has 0 aromatic carbocycles. The molecule has 0 amide bonds. The second-order valence-electron chi connectivity index (χ2n) is 0.827. The Morgan fingerprint density at radius 3 is 1.00 bits per heavy atom. The Labute approximate surface area is 83.6 Å². The largest absolute Gasteiger partial charge is 3.00 e. The molecule has 7 nitrogen and oxygen atoms in total. The molecule has 13 heavy (non-hydrogen) atoms.